The zero-order valence-electron chi connectivity index (χ0n) is 18.3. The summed E-state index contributed by atoms with van der Waals surface area (Å²) in [5.74, 6) is 0.115. The van der Waals surface area contributed by atoms with E-state index in [4.69, 9.17) is 4.74 Å². The van der Waals surface area contributed by atoms with Gasteiger partial charge in [-0.3, -0.25) is 9.10 Å². The maximum Gasteiger partial charge on any atom is 0.263 e. The van der Waals surface area contributed by atoms with Gasteiger partial charge in [0, 0.05) is 0 Å². The minimum absolute atomic E-state index is 0.0403. The van der Waals surface area contributed by atoms with Crippen LogP contribution in [-0.4, -0.2) is 33.2 Å². The summed E-state index contributed by atoms with van der Waals surface area (Å²) in [6, 6.07) is 11.7. The summed E-state index contributed by atoms with van der Waals surface area (Å²) >= 11 is 0. The fraction of sp³-hybridized carbons (Fsp3) is 0.458. The lowest BCUT2D eigenvalue weighted by molar-refractivity contribution is -0.128. The predicted molar refractivity (Wildman–Crippen MR) is 122 cm³/mol. The molecule has 0 aromatic heterocycles. The average Bonchev–Trinajstić information content (AvgIpc) is 2.75. The molecule has 1 N–H and O–H groups in total. The lowest BCUT2D eigenvalue weighted by Gasteiger charge is -2.34. The highest BCUT2D eigenvalue weighted by atomic mass is 32.2. The van der Waals surface area contributed by atoms with Crippen LogP contribution in [0.15, 0.2) is 36.4 Å². The summed E-state index contributed by atoms with van der Waals surface area (Å²) in [6.45, 7) is 3.90. The third kappa shape index (κ3) is 4.56. The van der Waals surface area contributed by atoms with Crippen LogP contribution in [0.4, 0.5) is 5.69 Å². The van der Waals surface area contributed by atoms with E-state index >= 15 is 0 Å². The highest BCUT2D eigenvalue weighted by molar-refractivity contribution is 7.92. The highest BCUT2D eigenvalue weighted by Crippen LogP contribution is 2.36. The number of ether oxygens (including phenoxy) is 1. The Bertz CT molecular complexity index is 1100. The molecule has 1 amide bonds. The van der Waals surface area contributed by atoms with Gasteiger partial charge in [0.25, 0.3) is 5.91 Å². The van der Waals surface area contributed by atoms with Gasteiger partial charge in [0.2, 0.25) is 10.0 Å². The summed E-state index contributed by atoms with van der Waals surface area (Å²) < 4.78 is 32.0. The molecule has 7 heteroatoms. The van der Waals surface area contributed by atoms with Crippen LogP contribution < -0.4 is 14.4 Å². The second kappa shape index (κ2) is 8.54. The first kappa shape index (κ1) is 21.7. The maximum absolute atomic E-state index is 13.1. The Morgan fingerprint density at radius 1 is 1.16 bits per heavy atom. The number of hydrogen-bond donors (Lipinski definition) is 1. The van der Waals surface area contributed by atoms with E-state index in [1.54, 1.807) is 12.1 Å². The van der Waals surface area contributed by atoms with Gasteiger partial charge in [0.05, 0.1) is 24.5 Å². The summed E-state index contributed by atoms with van der Waals surface area (Å²) in [5, 5.41) is 3.09. The molecule has 1 aliphatic carbocycles. The smallest absolute Gasteiger partial charge is 0.263 e. The SMILES string of the molecule is CC[C@H](NC(=O)[C@H]1CN(S(C)(=O)=O)c2ccc(C)cc2O1)c1ccc2c(c1)CCCC2. The van der Waals surface area contributed by atoms with E-state index in [0.717, 1.165) is 36.6 Å². The number of carbonyl (C=O) groups is 1. The standard InChI is InChI=1S/C24H30N2O4S/c1-4-20(19-11-10-17-7-5-6-8-18(17)14-19)25-24(27)23-15-26(31(3,28)29)21-12-9-16(2)13-22(21)30-23/h9-14,20,23H,4-8,15H2,1-3H3,(H,25,27)/t20-,23+/m0/s1. The third-order valence-corrected chi connectivity index (χ3v) is 7.32. The van der Waals surface area contributed by atoms with Crippen molar-refractivity contribution in [1.29, 1.82) is 0 Å². The summed E-state index contributed by atoms with van der Waals surface area (Å²) in [7, 11) is -3.54. The van der Waals surface area contributed by atoms with Crippen LogP contribution in [0.2, 0.25) is 0 Å². The largest absolute Gasteiger partial charge is 0.476 e. The van der Waals surface area contributed by atoms with Crippen molar-refractivity contribution < 1.29 is 17.9 Å². The number of nitrogens with zero attached hydrogens (tertiary/aromatic N) is 1. The summed E-state index contributed by atoms with van der Waals surface area (Å²) in [6.07, 6.45) is 5.62. The second-order valence-corrected chi connectivity index (χ2v) is 10.5. The maximum atomic E-state index is 13.1. The molecule has 0 radical (unpaired) electrons. The zero-order chi connectivity index (χ0) is 22.2. The van der Waals surface area contributed by atoms with Crippen molar-refractivity contribution in [3.05, 3.63) is 58.7 Å². The number of nitrogens with one attached hydrogen (secondary N) is 1. The molecule has 2 aromatic carbocycles. The van der Waals surface area contributed by atoms with Crippen molar-refractivity contribution in [1.82, 2.24) is 5.32 Å². The first-order valence-corrected chi connectivity index (χ1v) is 12.8. The molecule has 0 saturated heterocycles. The van der Waals surface area contributed by atoms with Gasteiger partial charge in [-0.15, -0.1) is 0 Å². The van der Waals surface area contributed by atoms with E-state index in [-0.39, 0.29) is 18.5 Å². The first-order chi connectivity index (χ1) is 14.8. The molecule has 166 valence electrons. The average molecular weight is 443 g/mol. The normalized spacial score (nSPS) is 19.1. The monoisotopic (exact) mass is 442 g/mol. The van der Waals surface area contributed by atoms with E-state index in [1.807, 2.05) is 19.9 Å². The van der Waals surface area contributed by atoms with Gasteiger partial charge in [-0.1, -0.05) is 31.2 Å². The van der Waals surface area contributed by atoms with Crippen molar-refractivity contribution in [3.8, 4) is 5.75 Å². The molecule has 1 aliphatic heterocycles. The van der Waals surface area contributed by atoms with Crippen molar-refractivity contribution in [2.75, 3.05) is 17.1 Å². The van der Waals surface area contributed by atoms with Crippen LogP contribution in [0.5, 0.6) is 5.75 Å². The molecule has 0 fully saturated rings. The summed E-state index contributed by atoms with van der Waals surface area (Å²) in [4.78, 5) is 13.1. The molecule has 0 saturated carbocycles. The van der Waals surface area contributed by atoms with Gasteiger partial charge in [-0.05, 0) is 73.4 Å². The Morgan fingerprint density at radius 3 is 2.61 bits per heavy atom. The molecule has 2 aromatic rings. The molecule has 2 atom stereocenters. The number of anilines is 1. The van der Waals surface area contributed by atoms with E-state index in [9.17, 15) is 13.2 Å². The van der Waals surface area contributed by atoms with E-state index < -0.39 is 16.1 Å². The van der Waals surface area contributed by atoms with Gasteiger partial charge in [0.15, 0.2) is 6.10 Å². The van der Waals surface area contributed by atoms with Crippen LogP contribution in [0.25, 0.3) is 0 Å². The Morgan fingerprint density at radius 2 is 1.90 bits per heavy atom. The van der Waals surface area contributed by atoms with Crippen LogP contribution in [0.3, 0.4) is 0 Å². The van der Waals surface area contributed by atoms with Crippen LogP contribution in [-0.2, 0) is 27.7 Å². The van der Waals surface area contributed by atoms with Crippen molar-refractivity contribution in [2.24, 2.45) is 0 Å². The number of rotatable bonds is 5. The Kier molecular flexibility index (Phi) is 5.97. The number of carbonyl (C=O) groups excluding carboxylic acids is 1. The van der Waals surface area contributed by atoms with Crippen molar-refractivity contribution >= 4 is 21.6 Å². The Labute approximate surface area is 184 Å². The molecular formula is C24H30N2O4S. The van der Waals surface area contributed by atoms with Crippen LogP contribution in [0.1, 0.15) is 54.5 Å². The number of sulfonamides is 1. The van der Waals surface area contributed by atoms with E-state index in [2.05, 4.69) is 23.5 Å². The minimum Gasteiger partial charge on any atom is -0.476 e. The molecule has 31 heavy (non-hydrogen) atoms. The van der Waals surface area contributed by atoms with Crippen LogP contribution in [0, 0.1) is 6.92 Å². The van der Waals surface area contributed by atoms with E-state index in [1.165, 1.54) is 28.3 Å². The minimum atomic E-state index is -3.54. The Hall–Kier alpha value is -2.54. The lowest BCUT2D eigenvalue weighted by Crippen LogP contribution is -2.51. The molecule has 4 rings (SSSR count). The van der Waals surface area contributed by atoms with Gasteiger partial charge >= 0.3 is 0 Å². The molecule has 6 nitrogen and oxygen atoms in total. The first-order valence-electron chi connectivity index (χ1n) is 10.9. The molecule has 0 spiro atoms. The summed E-state index contributed by atoms with van der Waals surface area (Å²) in [5.41, 5.74) is 5.27. The van der Waals surface area contributed by atoms with Gasteiger partial charge < -0.3 is 10.1 Å². The predicted octanol–water partition coefficient (Wildman–Crippen LogP) is 3.67. The lowest BCUT2D eigenvalue weighted by atomic mass is 9.88. The van der Waals surface area contributed by atoms with Gasteiger partial charge in [0.1, 0.15) is 5.75 Å². The molecule has 0 bridgehead atoms. The highest BCUT2D eigenvalue weighted by Gasteiger charge is 2.35. The molecule has 1 heterocycles. The fourth-order valence-electron chi connectivity index (χ4n) is 4.47. The molecular weight excluding hydrogens is 412 g/mol. The number of fused-ring (bicyclic) bond motifs is 2. The third-order valence-electron chi connectivity index (χ3n) is 6.18. The van der Waals surface area contributed by atoms with Crippen molar-refractivity contribution in [3.63, 3.8) is 0 Å². The van der Waals surface area contributed by atoms with Gasteiger partial charge in [-0.2, -0.15) is 0 Å². The van der Waals surface area contributed by atoms with Crippen LogP contribution >= 0.6 is 0 Å². The number of aryl methyl sites for hydroxylation is 3. The molecule has 2 aliphatic rings. The molecule has 0 unspecified atom stereocenters. The quantitative estimate of drug-likeness (QED) is 0.767. The van der Waals surface area contributed by atoms with E-state index in [0.29, 0.717) is 11.4 Å². The fourth-order valence-corrected chi connectivity index (χ4v) is 5.38. The number of hydrogen-bond acceptors (Lipinski definition) is 4. The zero-order valence-corrected chi connectivity index (χ0v) is 19.2. The number of benzene rings is 2. The Balaban J connectivity index is 1.56. The van der Waals surface area contributed by atoms with Gasteiger partial charge in [-0.25, -0.2) is 8.42 Å². The topological polar surface area (TPSA) is 75.7 Å². The second-order valence-electron chi connectivity index (χ2n) is 8.58. The number of amides is 1. The van der Waals surface area contributed by atoms with Crippen molar-refractivity contribution in [2.45, 2.75) is 58.1 Å².